The number of hydrogen-bond acceptors (Lipinski definition) is 4. The second-order valence-electron chi connectivity index (χ2n) is 6.42. The summed E-state index contributed by atoms with van der Waals surface area (Å²) in [6.45, 7) is 2.43. The molecule has 2 aromatic rings. The molecule has 0 spiro atoms. The number of fused-ring (bicyclic) bond motifs is 1. The van der Waals surface area contributed by atoms with Crippen molar-refractivity contribution in [1.29, 1.82) is 0 Å². The second-order valence-corrected chi connectivity index (χ2v) is 6.42. The van der Waals surface area contributed by atoms with Crippen LogP contribution in [-0.4, -0.2) is 41.3 Å². The highest BCUT2D eigenvalue weighted by molar-refractivity contribution is 5.18. The number of hydrogen-bond donors (Lipinski definition) is 0. The van der Waals surface area contributed by atoms with Crippen LogP contribution in [0.15, 0.2) is 48.8 Å². The van der Waals surface area contributed by atoms with Gasteiger partial charge in [0.1, 0.15) is 23.8 Å². The SMILES string of the molecule is Fc1ccc(CN2CCO[C@H]3[C@H](Oc4cccnc4)CC[C@@H]32)cc1. The number of nitrogens with zero attached hydrogens (tertiary/aromatic N) is 2. The summed E-state index contributed by atoms with van der Waals surface area (Å²) in [6.07, 6.45) is 5.66. The lowest BCUT2D eigenvalue weighted by Crippen LogP contribution is -2.51. The van der Waals surface area contributed by atoms with Crippen LogP contribution < -0.4 is 4.74 Å². The van der Waals surface area contributed by atoms with Crippen LogP contribution >= 0.6 is 0 Å². The molecule has 4 rings (SSSR count). The maximum absolute atomic E-state index is 13.1. The average Bonchev–Trinajstić information content (AvgIpc) is 3.02. The van der Waals surface area contributed by atoms with Crippen molar-refractivity contribution in [3.05, 3.63) is 60.2 Å². The van der Waals surface area contributed by atoms with Crippen molar-refractivity contribution in [3.8, 4) is 5.75 Å². The minimum absolute atomic E-state index is 0.0650. The molecule has 3 atom stereocenters. The molecule has 5 heteroatoms. The van der Waals surface area contributed by atoms with Crippen molar-refractivity contribution >= 4 is 0 Å². The van der Waals surface area contributed by atoms with Gasteiger partial charge in [-0.2, -0.15) is 0 Å². The highest BCUT2D eigenvalue weighted by Crippen LogP contribution is 2.33. The minimum atomic E-state index is -0.190. The lowest BCUT2D eigenvalue weighted by Gasteiger charge is -2.39. The predicted octanol–water partition coefficient (Wildman–Crippen LogP) is 3.03. The monoisotopic (exact) mass is 328 g/mol. The number of aromatic nitrogens is 1. The van der Waals surface area contributed by atoms with Crippen LogP contribution in [0.25, 0.3) is 0 Å². The number of benzene rings is 1. The normalized spacial score (nSPS) is 27.0. The van der Waals surface area contributed by atoms with E-state index in [4.69, 9.17) is 9.47 Å². The van der Waals surface area contributed by atoms with Gasteiger partial charge in [-0.05, 0) is 42.7 Å². The van der Waals surface area contributed by atoms with Crippen molar-refractivity contribution in [2.75, 3.05) is 13.2 Å². The van der Waals surface area contributed by atoms with E-state index in [-0.39, 0.29) is 18.0 Å². The first-order chi connectivity index (χ1) is 11.8. The van der Waals surface area contributed by atoms with Crippen LogP contribution in [0.2, 0.25) is 0 Å². The molecular formula is C19H21FN2O2. The number of morpholine rings is 1. The predicted molar refractivity (Wildman–Crippen MR) is 88.2 cm³/mol. The summed E-state index contributed by atoms with van der Waals surface area (Å²) >= 11 is 0. The Morgan fingerprint density at radius 2 is 2.08 bits per heavy atom. The smallest absolute Gasteiger partial charge is 0.138 e. The molecule has 1 saturated carbocycles. The fourth-order valence-corrected chi connectivity index (χ4v) is 3.73. The molecule has 2 aliphatic rings. The number of pyridine rings is 1. The first-order valence-corrected chi connectivity index (χ1v) is 8.46. The first kappa shape index (κ1) is 15.5. The molecule has 1 aromatic heterocycles. The Kier molecular flexibility index (Phi) is 4.45. The van der Waals surface area contributed by atoms with E-state index in [1.807, 2.05) is 24.3 Å². The molecule has 0 amide bonds. The standard InChI is InChI=1S/C19H21FN2O2/c20-15-5-3-14(4-6-15)13-22-10-11-23-19-17(22)7-8-18(19)24-16-2-1-9-21-12-16/h1-6,9,12,17-19H,7-8,10-11,13H2/t17-,18+,19+/m0/s1. The summed E-state index contributed by atoms with van der Waals surface area (Å²) < 4.78 is 25.2. The van der Waals surface area contributed by atoms with Crippen LogP contribution in [0.1, 0.15) is 18.4 Å². The highest BCUT2D eigenvalue weighted by atomic mass is 19.1. The number of rotatable bonds is 4. The van der Waals surface area contributed by atoms with Crippen LogP contribution in [0, 0.1) is 5.82 Å². The van der Waals surface area contributed by atoms with E-state index in [9.17, 15) is 4.39 Å². The molecule has 1 aliphatic carbocycles. The van der Waals surface area contributed by atoms with Gasteiger partial charge >= 0.3 is 0 Å². The molecule has 2 heterocycles. The van der Waals surface area contributed by atoms with Crippen molar-refractivity contribution in [2.24, 2.45) is 0 Å². The Bertz CT molecular complexity index is 665. The van der Waals surface area contributed by atoms with Crippen molar-refractivity contribution in [3.63, 3.8) is 0 Å². The Labute approximate surface area is 141 Å². The number of ether oxygens (including phenoxy) is 2. The summed E-state index contributed by atoms with van der Waals surface area (Å²) in [5.41, 5.74) is 1.13. The molecule has 0 bridgehead atoms. The van der Waals surface area contributed by atoms with Gasteiger partial charge in [0.25, 0.3) is 0 Å². The summed E-state index contributed by atoms with van der Waals surface area (Å²) in [4.78, 5) is 6.54. The van der Waals surface area contributed by atoms with Gasteiger partial charge in [-0.25, -0.2) is 4.39 Å². The molecule has 24 heavy (non-hydrogen) atoms. The van der Waals surface area contributed by atoms with Gasteiger partial charge in [0, 0.05) is 25.3 Å². The summed E-state index contributed by atoms with van der Waals surface area (Å²) in [5.74, 6) is 0.604. The fourth-order valence-electron chi connectivity index (χ4n) is 3.73. The zero-order chi connectivity index (χ0) is 16.4. The second kappa shape index (κ2) is 6.87. The third kappa shape index (κ3) is 3.28. The van der Waals surface area contributed by atoms with Crippen molar-refractivity contribution in [2.45, 2.75) is 37.6 Å². The first-order valence-electron chi connectivity index (χ1n) is 8.46. The van der Waals surface area contributed by atoms with Crippen LogP contribution in [0.4, 0.5) is 4.39 Å². The zero-order valence-corrected chi connectivity index (χ0v) is 13.5. The summed E-state index contributed by atoms with van der Waals surface area (Å²) in [7, 11) is 0. The van der Waals surface area contributed by atoms with Gasteiger partial charge in [-0.3, -0.25) is 9.88 Å². The van der Waals surface area contributed by atoms with Crippen LogP contribution in [0.3, 0.4) is 0 Å². The Morgan fingerprint density at radius 1 is 1.21 bits per heavy atom. The molecule has 1 saturated heterocycles. The number of halogens is 1. The lowest BCUT2D eigenvalue weighted by molar-refractivity contribution is -0.0916. The molecule has 1 aromatic carbocycles. The molecule has 2 fully saturated rings. The van der Waals surface area contributed by atoms with Gasteiger partial charge in [0.05, 0.1) is 12.8 Å². The van der Waals surface area contributed by atoms with E-state index in [2.05, 4.69) is 9.88 Å². The largest absolute Gasteiger partial charge is 0.486 e. The van der Waals surface area contributed by atoms with E-state index in [1.54, 1.807) is 12.4 Å². The maximum atomic E-state index is 13.1. The van der Waals surface area contributed by atoms with Crippen LogP contribution in [-0.2, 0) is 11.3 Å². The fraction of sp³-hybridized carbons (Fsp3) is 0.421. The van der Waals surface area contributed by atoms with Gasteiger partial charge in [0.2, 0.25) is 0 Å². The maximum Gasteiger partial charge on any atom is 0.138 e. The van der Waals surface area contributed by atoms with E-state index >= 15 is 0 Å². The van der Waals surface area contributed by atoms with E-state index in [0.717, 1.165) is 37.2 Å². The van der Waals surface area contributed by atoms with E-state index in [0.29, 0.717) is 12.6 Å². The summed E-state index contributed by atoms with van der Waals surface area (Å²) in [5, 5.41) is 0. The Morgan fingerprint density at radius 3 is 2.88 bits per heavy atom. The minimum Gasteiger partial charge on any atom is -0.486 e. The van der Waals surface area contributed by atoms with Gasteiger partial charge in [-0.1, -0.05) is 12.1 Å². The quantitative estimate of drug-likeness (QED) is 0.864. The average molecular weight is 328 g/mol. The van der Waals surface area contributed by atoms with Gasteiger partial charge in [-0.15, -0.1) is 0 Å². The topological polar surface area (TPSA) is 34.6 Å². The van der Waals surface area contributed by atoms with Gasteiger partial charge in [0.15, 0.2) is 0 Å². The summed E-state index contributed by atoms with van der Waals surface area (Å²) in [6, 6.07) is 10.9. The molecule has 0 N–H and O–H groups in total. The molecule has 0 radical (unpaired) electrons. The van der Waals surface area contributed by atoms with Gasteiger partial charge < -0.3 is 9.47 Å². The molecule has 1 aliphatic heterocycles. The van der Waals surface area contributed by atoms with Crippen molar-refractivity contribution < 1.29 is 13.9 Å². The molecule has 4 nitrogen and oxygen atoms in total. The van der Waals surface area contributed by atoms with Crippen LogP contribution in [0.5, 0.6) is 5.75 Å². The van der Waals surface area contributed by atoms with E-state index < -0.39 is 0 Å². The highest BCUT2D eigenvalue weighted by Gasteiger charge is 2.43. The van der Waals surface area contributed by atoms with Crippen molar-refractivity contribution in [1.82, 2.24) is 9.88 Å². The molecular weight excluding hydrogens is 307 g/mol. The Balaban J connectivity index is 1.43. The van der Waals surface area contributed by atoms with E-state index in [1.165, 1.54) is 12.1 Å². The lowest BCUT2D eigenvalue weighted by atomic mass is 10.1. The molecule has 0 unspecified atom stereocenters. The third-order valence-corrected chi connectivity index (χ3v) is 4.87. The molecule has 126 valence electrons. The Hall–Kier alpha value is -1.98. The zero-order valence-electron chi connectivity index (χ0n) is 13.5. The third-order valence-electron chi connectivity index (χ3n) is 4.87.